The molecule has 1 aromatic heterocycles. The molecule has 2 heterocycles. The average molecular weight is 425 g/mol. The number of likely N-dealkylation sites (N-methyl/N-ethyl adjacent to an activating group) is 1. The number of thioether (sulfide) groups is 1. The van der Waals surface area contributed by atoms with E-state index in [1.807, 2.05) is 31.1 Å². The van der Waals surface area contributed by atoms with E-state index in [9.17, 15) is 0 Å². The first kappa shape index (κ1) is 21.0. The standard InChI is InChI=1S/C23H32N6S/c1-24-22(27-18-23(10-11-23)30-20-8-4-3-5-9-20)26-17-19-7-6-12-25-21(19)29-15-13-28(2)14-16-29/h3-9,12H,10-11,13-18H2,1-2H3,(H2,24,26,27). The summed E-state index contributed by atoms with van der Waals surface area (Å²) in [6.07, 6.45) is 4.38. The summed E-state index contributed by atoms with van der Waals surface area (Å²) in [5.41, 5.74) is 1.21. The predicted octanol–water partition coefficient (Wildman–Crippen LogP) is 2.82. The molecule has 0 amide bonds. The molecule has 1 aliphatic heterocycles. The lowest BCUT2D eigenvalue weighted by Crippen LogP contribution is -2.45. The number of rotatable bonds is 7. The molecule has 0 atom stereocenters. The number of aliphatic imine (C=N–C) groups is 1. The highest BCUT2D eigenvalue weighted by molar-refractivity contribution is 8.01. The molecule has 2 fully saturated rings. The molecule has 2 N–H and O–H groups in total. The zero-order valence-electron chi connectivity index (χ0n) is 18.0. The molecule has 2 aliphatic rings. The molecule has 1 aliphatic carbocycles. The van der Waals surface area contributed by atoms with Gasteiger partial charge in [-0.15, -0.1) is 11.8 Å². The Kier molecular flexibility index (Phi) is 6.79. The van der Waals surface area contributed by atoms with Gasteiger partial charge in [-0.3, -0.25) is 4.99 Å². The second-order valence-electron chi connectivity index (χ2n) is 8.15. The fourth-order valence-electron chi connectivity index (χ4n) is 3.71. The van der Waals surface area contributed by atoms with E-state index in [4.69, 9.17) is 0 Å². The lowest BCUT2D eigenvalue weighted by Gasteiger charge is -2.34. The number of aromatic nitrogens is 1. The van der Waals surface area contributed by atoms with Crippen LogP contribution < -0.4 is 15.5 Å². The van der Waals surface area contributed by atoms with Crippen molar-refractivity contribution in [1.29, 1.82) is 0 Å². The van der Waals surface area contributed by atoms with Crippen LogP contribution in [-0.4, -0.2) is 67.4 Å². The predicted molar refractivity (Wildman–Crippen MR) is 126 cm³/mol. The van der Waals surface area contributed by atoms with Crippen molar-refractivity contribution < 1.29 is 0 Å². The molecule has 1 saturated heterocycles. The third-order valence-electron chi connectivity index (χ3n) is 5.80. The quantitative estimate of drug-likeness (QED) is 0.527. The van der Waals surface area contributed by atoms with Crippen molar-refractivity contribution in [1.82, 2.24) is 20.5 Å². The molecule has 0 spiro atoms. The molecule has 0 unspecified atom stereocenters. The Bertz CT molecular complexity index is 844. The number of anilines is 1. The SMILES string of the molecule is CN=C(NCc1cccnc1N1CCN(C)CC1)NCC1(Sc2ccccc2)CC1. The van der Waals surface area contributed by atoms with Crippen molar-refractivity contribution in [3.05, 3.63) is 54.2 Å². The lowest BCUT2D eigenvalue weighted by atomic mass is 10.2. The van der Waals surface area contributed by atoms with Gasteiger partial charge in [-0.2, -0.15) is 0 Å². The Morgan fingerprint density at radius 3 is 2.53 bits per heavy atom. The van der Waals surface area contributed by atoms with E-state index in [0.29, 0.717) is 6.54 Å². The van der Waals surface area contributed by atoms with Gasteiger partial charge in [0.2, 0.25) is 0 Å². The highest BCUT2D eigenvalue weighted by atomic mass is 32.2. The molecule has 6 nitrogen and oxygen atoms in total. The van der Waals surface area contributed by atoms with Gasteiger partial charge in [0, 0.05) is 67.7 Å². The highest BCUT2D eigenvalue weighted by Crippen LogP contribution is 2.51. The zero-order valence-corrected chi connectivity index (χ0v) is 18.8. The van der Waals surface area contributed by atoms with Gasteiger partial charge in [-0.05, 0) is 38.1 Å². The number of nitrogens with zero attached hydrogens (tertiary/aromatic N) is 4. The summed E-state index contributed by atoms with van der Waals surface area (Å²) in [6.45, 7) is 5.83. The first-order chi connectivity index (χ1) is 14.7. The minimum absolute atomic E-state index is 0.290. The number of piperazine rings is 1. The number of guanidine groups is 1. The number of hydrogen-bond acceptors (Lipinski definition) is 5. The van der Waals surface area contributed by atoms with Crippen LogP contribution in [0.4, 0.5) is 5.82 Å². The summed E-state index contributed by atoms with van der Waals surface area (Å²) >= 11 is 1.98. The molecule has 2 aromatic rings. The molecule has 0 bridgehead atoms. The molecule has 7 heteroatoms. The maximum Gasteiger partial charge on any atom is 0.191 e. The summed E-state index contributed by atoms with van der Waals surface area (Å²) < 4.78 is 0.290. The minimum Gasteiger partial charge on any atom is -0.355 e. The van der Waals surface area contributed by atoms with Crippen molar-refractivity contribution >= 4 is 23.5 Å². The highest BCUT2D eigenvalue weighted by Gasteiger charge is 2.43. The summed E-state index contributed by atoms with van der Waals surface area (Å²) in [7, 11) is 4.01. The van der Waals surface area contributed by atoms with Gasteiger partial charge in [-0.1, -0.05) is 24.3 Å². The second kappa shape index (κ2) is 9.71. The first-order valence-corrected chi connectivity index (χ1v) is 11.6. The Balaban J connectivity index is 1.31. The molecule has 0 radical (unpaired) electrons. The van der Waals surface area contributed by atoms with Crippen LogP contribution in [0.1, 0.15) is 18.4 Å². The third kappa shape index (κ3) is 5.46. The molecule has 1 saturated carbocycles. The van der Waals surface area contributed by atoms with Crippen molar-refractivity contribution in [2.45, 2.75) is 29.0 Å². The summed E-state index contributed by atoms with van der Waals surface area (Å²) in [5, 5.41) is 7.04. The van der Waals surface area contributed by atoms with Crippen LogP contribution in [0.2, 0.25) is 0 Å². The van der Waals surface area contributed by atoms with Crippen LogP contribution in [0.15, 0.2) is 58.5 Å². The van der Waals surface area contributed by atoms with E-state index in [1.54, 1.807) is 0 Å². The van der Waals surface area contributed by atoms with E-state index < -0.39 is 0 Å². The monoisotopic (exact) mass is 424 g/mol. The van der Waals surface area contributed by atoms with Crippen LogP contribution >= 0.6 is 11.8 Å². The number of benzene rings is 1. The summed E-state index contributed by atoms with van der Waals surface area (Å²) in [5.74, 6) is 1.94. The Labute approximate surface area is 184 Å². The van der Waals surface area contributed by atoms with Crippen LogP contribution in [-0.2, 0) is 6.54 Å². The topological polar surface area (TPSA) is 55.8 Å². The number of nitrogens with one attached hydrogen (secondary N) is 2. The van der Waals surface area contributed by atoms with Crippen molar-refractivity contribution in [3.8, 4) is 0 Å². The van der Waals surface area contributed by atoms with Crippen LogP contribution in [0.25, 0.3) is 0 Å². The van der Waals surface area contributed by atoms with E-state index in [0.717, 1.165) is 44.5 Å². The van der Waals surface area contributed by atoms with E-state index in [1.165, 1.54) is 23.3 Å². The maximum atomic E-state index is 4.68. The fraction of sp³-hybridized carbons (Fsp3) is 0.478. The Morgan fingerprint density at radius 2 is 1.83 bits per heavy atom. The smallest absolute Gasteiger partial charge is 0.191 e. The largest absolute Gasteiger partial charge is 0.355 e. The van der Waals surface area contributed by atoms with Crippen LogP contribution in [0.3, 0.4) is 0 Å². The van der Waals surface area contributed by atoms with Gasteiger partial charge >= 0.3 is 0 Å². The molecular weight excluding hydrogens is 392 g/mol. The zero-order chi connectivity index (χ0) is 20.8. The maximum absolute atomic E-state index is 4.68. The number of pyridine rings is 1. The molecule has 30 heavy (non-hydrogen) atoms. The minimum atomic E-state index is 0.290. The van der Waals surface area contributed by atoms with Gasteiger partial charge in [-0.25, -0.2) is 4.98 Å². The summed E-state index contributed by atoms with van der Waals surface area (Å²) in [4.78, 5) is 15.2. The fourth-order valence-corrected chi connectivity index (χ4v) is 4.95. The van der Waals surface area contributed by atoms with Gasteiger partial charge in [0.1, 0.15) is 5.82 Å². The summed E-state index contributed by atoms with van der Waals surface area (Å²) in [6, 6.07) is 14.9. The normalized spacial score (nSPS) is 18.9. The first-order valence-electron chi connectivity index (χ1n) is 10.7. The van der Waals surface area contributed by atoms with E-state index >= 15 is 0 Å². The van der Waals surface area contributed by atoms with E-state index in [2.05, 4.69) is 73.9 Å². The molecule has 4 rings (SSSR count). The molecule has 1 aromatic carbocycles. The lowest BCUT2D eigenvalue weighted by molar-refractivity contribution is 0.312. The Morgan fingerprint density at radius 1 is 1.07 bits per heavy atom. The third-order valence-corrected chi connectivity index (χ3v) is 7.30. The van der Waals surface area contributed by atoms with Gasteiger partial charge in [0.05, 0.1) is 0 Å². The van der Waals surface area contributed by atoms with E-state index in [-0.39, 0.29) is 4.75 Å². The second-order valence-corrected chi connectivity index (χ2v) is 9.70. The number of hydrogen-bond donors (Lipinski definition) is 2. The molecule has 160 valence electrons. The average Bonchev–Trinajstić information content (AvgIpc) is 3.55. The van der Waals surface area contributed by atoms with Gasteiger partial charge in [0.15, 0.2) is 5.96 Å². The molecular formula is C23H32N6S. The van der Waals surface area contributed by atoms with Crippen molar-refractivity contribution in [2.75, 3.05) is 51.7 Å². The van der Waals surface area contributed by atoms with Crippen molar-refractivity contribution in [2.24, 2.45) is 4.99 Å². The van der Waals surface area contributed by atoms with Crippen LogP contribution in [0.5, 0.6) is 0 Å². The van der Waals surface area contributed by atoms with Crippen LogP contribution in [0, 0.1) is 0 Å². The van der Waals surface area contributed by atoms with Crippen molar-refractivity contribution in [3.63, 3.8) is 0 Å². The van der Waals surface area contributed by atoms with Gasteiger partial charge in [0.25, 0.3) is 0 Å². The van der Waals surface area contributed by atoms with Gasteiger partial charge < -0.3 is 20.4 Å². The Hall–Kier alpha value is -2.25.